The molecule has 1 aliphatic rings. The van der Waals surface area contributed by atoms with Gasteiger partial charge in [-0.3, -0.25) is 14.4 Å². The van der Waals surface area contributed by atoms with E-state index >= 15 is 0 Å². The number of nitrogens with one attached hydrogen (secondary N) is 2. The fourth-order valence-electron chi connectivity index (χ4n) is 3.02. The van der Waals surface area contributed by atoms with Crippen molar-refractivity contribution < 1.29 is 23.9 Å². The van der Waals surface area contributed by atoms with E-state index in [0.717, 1.165) is 5.56 Å². The van der Waals surface area contributed by atoms with Crippen LogP contribution in [0.2, 0.25) is 0 Å². The molecule has 1 aromatic heterocycles. The number of fused-ring (bicyclic) bond motifs is 1. The number of rotatable bonds is 7. The molecule has 3 rings (SSSR count). The van der Waals surface area contributed by atoms with Crippen molar-refractivity contribution in [3.05, 3.63) is 51.7 Å². The van der Waals surface area contributed by atoms with Gasteiger partial charge in [0.2, 0.25) is 5.91 Å². The highest BCUT2D eigenvalue weighted by molar-refractivity contribution is 7.12. The largest absolute Gasteiger partial charge is 0.456 e. The predicted octanol–water partition coefficient (Wildman–Crippen LogP) is 2.98. The quantitative estimate of drug-likeness (QED) is 0.536. The van der Waals surface area contributed by atoms with E-state index in [1.54, 1.807) is 56.5 Å². The minimum Gasteiger partial charge on any atom is -0.456 e. The third-order valence-corrected chi connectivity index (χ3v) is 5.66. The van der Waals surface area contributed by atoms with Gasteiger partial charge in [0.05, 0.1) is 10.8 Å². The molecule has 0 bridgehead atoms. The number of hydrogen-bond acceptors (Lipinski definition) is 6. The summed E-state index contributed by atoms with van der Waals surface area (Å²) in [6.07, 6.45) is 0. The van der Waals surface area contributed by atoms with Crippen molar-refractivity contribution in [1.82, 2.24) is 5.32 Å². The highest BCUT2D eigenvalue weighted by atomic mass is 32.1. The molecule has 2 heterocycles. The molecule has 8 heteroatoms. The zero-order valence-electron chi connectivity index (χ0n) is 16.4. The summed E-state index contributed by atoms with van der Waals surface area (Å²) in [7, 11) is 0. The van der Waals surface area contributed by atoms with Crippen molar-refractivity contribution in [3.63, 3.8) is 0 Å². The van der Waals surface area contributed by atoms with Gasteiger partial charge >= 0.3 is 5.97 Å². The molecule has 2 N–H and O–H groups in total. The third kappa shape index (κ3) is 4.54. The van der Waals surface area contributed by atoms with Crippen LogP contribution in [0.3, 0.4) is 0 Å². The Labute approximate surface area is 172 Å². The predicted molar refractivity (Wildman–Crippen MR) is 109 cm³/mol. The molecular weight excluding hydrogens is 392 g/mol. The van der Waals surface area contributed by atoms with Crippen LogP contribution >= 0.6 is 11.3 Å². The Kier molecular flexibility index (Phi) is 6.12. The molecule has 0 unspecified atom stereocenters. The second-order valence-corrected chi connectivity index (χ2v) is 8.16. The van der Waals surface area contributed by atoms with Gasteiger partial charge in [-0.2, -0.15) is 0 Å². The Morgan fingerprint density at radius 1 is 1.24 bits per heavy atom. The first-order chi connectivity index (χ1) is 13.8. The first-order valence-electron chi connectivity index (χ1n) is 9.27. The highest BCUT2D eigenvalue weighted by Gasteiger charge is 2.29. The van der Waals surface area contributed by atoms with Crippen LogP contribution in [0.5, 0.6) is 0 Å². The minimum absolute atomic E-state index is 0.114. The average Bonchev–Trinajstić information content (AvgIpc) is 3.32. The lowest BCUT2D eigenvalue weighted by Crippen LogP contribution is -2.45. The zero-order valence-corrected chi connectivity index (χ0v) is 17.2. The summed E-state index contributed by atoms with van der Waals surface area (Å²) in [6, 6.07) is 7.46. The number of carbonyl (C=O) groups excluding carboxylic acids is 4. The van der Waals surface area contributed by atoms with Gasteiger partial charge in [0.1, 0.15) is 6.04 Å². The second kappa shape index (κ2) is 8.57. The van der Waals surface area contributed by atoms with E-state index < -0.39 is 18.6 Å². The molecule has 0 saturated heterocycles. The van der Waals surface area contributed by atoms with Gasteiger partial charge in [-0.25, -0.2) is 4.79 Å². The van der Waals surface area contributed by atoms with Crippen LogP contribution in [0.15, 0.2) is 35.7 Å². The molecule has 2 amide bonds. The van der Waals surface area contributed by atoms with Crippen LogP contribution in [-0.2, 0) is 14.3 Å². The summed E-state index contributed by atoms with van der Waals surface area (Å²) in [5.74, 6) is -2.05. The molecule has 152 valence electrons. The Bertz CT molecular complexity index is 952. The van der Waals surface area contributed by atoms with Gasteiger partial charge in [-0.1, -0.05) is 19.9 Å². The van der Waals surface area contributed by atoms with Gasteiger partial charge < -0.3 is 15.4 Å². The number of amides is 2. The number of anilines is 1. The average molecular weight is 414 g/mol. The summed E-state index contributed by atoms with van der Waals surface area (Å²) in [4.78, 5) is 49.4. The standard InChI is InChI=1S/C21H22N2O5S/c1-11(2)18(23-20(26)17-5-4-8-29-17)21(27)28-10-16(24)13-6-7-15-14(9-13)12(3)19(25)22-15/h4-9,11-12,18H,10H2,1-3H3,(H,22,25)(H,23,26)/t12-,18-/m1/s1. The number of ether oxygens (including phenoxy) is 1. The number of thiophene rings is 1. The van der Waals surface area contributed by atoms with Gasteiger partial charge in [0.15, 0.2) is 12.4 Å². The van der Waals surface area contributed by atoms with E-state index in [-0.39, 0.29) is 29.4 Å². The van der Waals surface area contributed by atoms with E-state index in [2.05, 4.69) is 10.6 Å². The van der Waals surface area contributed by atoms with Gasteiger partial charge in [0.25, 0.3) is 5.91 Å². The Morgan fingerprint density at radius 3 is 2.66 bits per heavy atom. The summed E-state index contributed by atoms with van der Waals surface area (Å²) in [5, 5.41) is 7.19. The number of benzene rings is 1. The molecule has 0 spiro atoms. The Morgan fingerprint density at radius 2 is 2.00 bits per heavy atom. The van der Waals surface area contributed by atoms with E-state index in [4.69, 9.17) is 4.74 Å². The lowest BCUT2D eigenvalue weighted by Gasteiger charge is -2.20. The van der Waals surface area contributed by atoms with E-state index in [0.29, 0.717) is 16.1 Å². The van der Waals surface area contributed by atoms with Crippen molar-refractivity contribution in [2.75, 3.05) is 11.9 Å². The maximum Gasteiger partial charge on any atom is 0.329 e. The second-order valence-electron chi connectivity index (χ2n) is 7.22. The molecule has 0 aliphatic carbocycles. The lowest BCUT2D eigenvalue weighted by atomic mass is 9.99. The number of carbonyl (C=O) groups is 4. The molecule has 2 aromatic rings. The van der Waals surface area contributed by atoms with Gasteiger partial charge in [0, 0.05) is 11.3 Å². The number of ketones is 1. The monoisotopic (exact) mass is 414 g/mol. The summed E-state index contributed by atoms with van der Waals surface area (Å²) >= 11 is 1.27. The zero-order chi connectivity index (χ0) is 21.1. The van der Waals surface area contributed by atoms with E-state index in [9.17, 15) is 19.2 Å². The fourth-order valence-corrected chi connectivity index (χ4v) is 3.64. The molecule has 7 nitrogen and oxygen atoms in total. The highest BCUT2D eigenvalue weighted by Crippen LogP contribution is 2.32. The number of esters is 1. The molecule has 1 aromatic carbocycles. The van der Waals surface area contributed by atoms with Crippen LogP contribution in [0.25, 0.3) is 0 Å². The van der Waals surface area contributed by atoms with Crippen LogP contribution in [0.4, 0.5) is 5.69 Å². The first kappa shape index (κ1) is 20.7. The summed E-state index contributed by atoms with van der Waals surface area (Å²) in [5.41, 5.74) is 1.80. The SMILES string of the molecule is CC(C)[C@@H](NC(=O)c1cccs1)C(=O)OCC(=O)c1ccc2c(c1)[C@@H](C)C(=O)N2. The topological polar surface area (TPSA) is 102 Å². The van der Waals surface area contributed by atoms with Crippen LogP contribution in [0, 0.1) is 5.92 Å². The fraction of sp³-hybridized carbons (Fsp3) is 0.333. The normalized spacial score (nSPS) is 16.1. The Balaban J connectivity index is 1.62. The van der Waals surface area contributed by atoms with Crippen molar-refractivity contribution in [3.8, 4) is 0 Å². The van der Waals surface area contributed by atoms with Gasteiger partial charge in [-0.15, -0.1) is 11.3 Å². The number of Topliss-reactive ketones (excluding diaryl/α,β-unsaturated/α-hetero) is 1. The van der Waals surface area contributed by atoms with Crippen LogP contribution in [-0.4, -0.2) is 36.2 Å². The minimum atomic E-state index is -0.862. The summed E-state index contributed by atoms with van der Waals surface area (Å²) in [6.45, 7) is 4.90. The molecule has 2 atom stereocenters. The van der Waals surface area contributed by atoms with E-state index in [1.165, 1.54) is 11.3 Å². The number of hydrogen-bond donors (Lipinski definition) is 2. The summed E-state index contributed by atoms with van der Waals surface area (Å²) < 4.78 is 5.18. The maximum atomic E-state index is 12.5. The molecule has 29 heavy (non-hydrogen) atoms. The molecule has 0 saturated carbocycles. The third-order valence-electron chi connectivity index (χ3n) is 4.79. The molecule has 0 radical (unpaired) electrons. The smallest absolute Gasteiger partial charge is 0.329 e. The van der Waals surface area contributed by atoms with E-state index in [1.807, 2.05) is 0 Å². The Hall–Kier alpha value is -3.00. The van der Waals surface area contributed by atoms with Crippen LogP contribution in [0.1, 0.15) is 52.3 Å². The van der Waals surface area contributed by atoms with Crippen molar-refractivity contribution in [1.29, 1.82) is 0 Å². The van der Waals surface area contributed by atoms with Crippen molar-refractivity contribution in [2.24, 2.45) is 5.92 Å². The lowest BCUT2D eigenvalue weighted by molar-refractivity contribution is -0.146. The van der Waals surface area contributed by atoms with Crippen LogP contribution < -0.4 is 10.6 Å². The van der Waals surface area contributed by atoms with Gasteiger partial charge in [-0.05, 0) is 48.1 Å². The maximum absolute atomic E-state index is 12.5. The first-order valence-corrected chi connectivity index (χ1v) is 10.1. The molecule has 0 fully saturated rings. The molecular formula is C21H22N2O5S. The van der Waals surface area contributed by atoms with Crippen molar-refractivity contribution >= 4 is 40.6 Å². The van der Waals surface area contributed by atoms with Crippen molar-refractivity contribution in [2.45, 2.75) is 32.7 Å². The molecule has 1 aliphatic heterocycles.